The number of rotatable bonds is 7. The van der Waals surface area contributed by atoms with Gasteiger partial charge >= 0.3 is 5.97 Å². The first-order valence-electron chi connectivity index (χ1n) is 9.67. The molecule has 29 heavy (non-hydrogen) atoms. The number of halogens is 1. The molecule has 1 aliphatic carbocycles. The Morgan fingerprint density at radius 2 is 1.76 bits per heavy atom. The lowest BCUT2D eigenvalue weighted by Gasteiger charge is -2.21. The Balaban J connectivity index is 1.71. The molecule has 1 N–H and O–H groups in total. The van der Waals surface area contributed by atoms with E-state index in [0.717, 1.165) is 24.8 Å². The average molecular weight is 408 g/mol. The number of nitrogens with zero attached hydrogens (tertiary/aromatic N) is 2. The van der Waals surface area contributed by atoms with Crippen LogP contribution < -0.4 is 5.32 Å². The highest BCUT2D eigenvalue weighted by Crippen LogP contribution is 2.40. The van der Waals surface area contributed by atoms with E-state index in [2.05, 4.69) is 39.6 Å². The minimum Gasteiger partial charge on any atom is -0.464 e. The third-order valence-electron chi connectivity index (χ3n) is 4.99. The quantitative estimate of drug-likeness (QED) is 0.546. The second-order valence-electron chi connectivity index (χ2n) is 7.16. The van der Waals surface area contributed by atoms with Crippen LogP contribution in [0.25, 0.3) is 0 Å². The van der Waals surface area contributed by atoms with Crippen molar-refractivity contribution in [3.05, 3.63) is 88.3 Å². The van der Waals surface area contributed by atoms with Gasteiger partial charge in [0.2, 0.25) is 0 Å². The lowest BCUT2D eigenvalue weighted by molar-refractivity contribution is 0.0593. The van der Waals surface area contributed by atoms with Crippen LogP contribution in [0, 0.1) is 0 Å². The van der Waals surface area contributed by atoms with Gasteiger partial charge in [-0.25, -0.2) is 14.8 Å². The molecule has 1 aliphatic rings. The van der Waals surface area contributed by atoms with Crippen LogP contribution in [0.4, 0.5) is 5.82 Å². The number of carbonyl (C=O) groups is 1. The van der Waals surface area contributed by atoms with Crippen molar-refractivity contribution in [2.24, 2.45) is 0 Å². The van der Waals surface area contributed by atoms with Crippen LogP contribution in [-0.2, 0) is 11.2 Å². The number of carbonyl (C=O) groups excluding carboxylic acids is 1. The fraction of sp³-hybridized carbons (Fsp3) is 0.261. The van der Waals surface area contributed by atoms with Gasteiger partial charge < -0.3 is 10.1 Å². The van der Waals surface area contributed by atoms with Gasteiger partial charge in [0.1, 0.15) is 16.7 Å². The van der Waals surface area contributed by atoms with Crippen LogP contribution in [0.1, 0.15) is 52.2 Å². The Labute approximate surface area is 175 Å². The molecule has 1 unspecified atom stereocenters. The van der Waals surface area contributed by atoms with Gasteiger partial charge in [-0.05, 0) is 30.4 Å². The number of esters is 1. The summed E-state index contributed by atoms with van der Waals surface area (Å²) >= 11 is 6.53. The van der Waals surface area contributed by atoms with Gasteiger partial charge in [0.05, 0.1) is 13.2 Å². The molecule has 0 saturated heterocycles. The van der Waals surface area contributed by atoms with Gasteiger partial charge in [-0.15, -0.1) is 0 Å². The predicted molar refractivity (Wildman–Crippen MR) is 113 cm³/mol. The molecule has 0 spiro atoms. The van der Waals surface area contributed by atoms with E-state index < -0.39 is 5.97 Å². The molecule has 5 nitrogen and oxygen atoms in total. The Morgan fingerprint density at radius 1 is 1.10 bits per heavy atom. The maximum absolute atomic E-state index is 12.2. The Bertz CT molecular complexity index is 992. The fourth-order valence-corrected chi connectivity index (χ4v) is 3.48. The predicted octanol–water partition coefficient (Wildman–Crippen LogP) is 5.19. The van der Waals surface area contributed by atoms with E-state index in [4.69, 9.17) is 16.3 Å². The summed E-state index contributed by atoms with van der Waals surface area (Å²) in [6.45, 7) is 0. The Hall–Kier alpha value is -2.92. The Morgan fingerprint density at radius 3 is 2.38 bits per heavy atom. The zero-order valence-electron chi connectivity index (χ0n) is 16.1. The molecule has 0 radical (unpaired) electrons. The number of nitrogens with one attached hydrogen (secondary N) is 1. The van der Waals surface area contributed by atoms with Crippen molar-refractivity contribution in [3.63, 3.8) is 0 Å². The number of ether oxygens (including phenoxy) is 1. The van der Waals surface area contributed by atoms with E-state index >= 15 is 0 Å². The van der Waals surface area contributed by atoms with Crippen molar-refractivity contribution in [3.8, 4) is 0 Å². The van der Waals surface area contributed by atoms with E-state index in [9.17, 15) is 4.79 Å². The summed E-state index contributed by atoms with van der Waals surface area (Å²) in [4.78, 5) is 21.2. The van der Waals surface area contributed by atoms with Crippen molar-refractivity contribution in [2.45, 2.75) is 31.2 Å². The monoisotopic (exact) mass is 407 g/mol. The lowest BCUT2D eigenvalue weighted by Crippen LogP contribution is -2.18. The summed E-state index contributed by atoms with van der Waals surface area (Å²) < 4.78 is 4.87. The molecule has 6 heteroatoms. The number of anilines is 1. The van der Waals surface area contributed by atoms with E-state index in [1.807, 2.05) is 36.4 Å². The van der Waals surface area contributed by atoms with E-state index in [1.54, 1.807) is 0 Å². The van der Waals surface area contributed by atoms with Crippen molar-refractivity contribution in [2.75, 3.05) is 12.4 Å². The van der Waals surface area contributed by atoms with Crippen LogP contribution in [0.15, 0.2) is 60.7 Å². The van der Waals surface area contributed by atoms with Gasteiger partial charge in [-0.3, -0.25) is 0 Å². The summed E-state index contributed by atoms with van der Waals surface area (Å²) in [6.07, 6.45) is 2.79. The third-order valence-corrected chi connectivity index (χ3v) is 5.34. The molecule has 1 fully saturated rings. The van der Waals surface area contributed by atoms with Crippen LogP contribution in [0.3, 0.4) is 0 Å². The highest BCUT2D eigenvalue weighted by atomic mass is 35.5. The molecule has 0 amide bonds. The van der Waals surface area contributed by atoms with Crippen LogP contribution in [0.2, 0.25) is 5.02 Å². The molecule has 1 heterocycles. The highest BCUT2D eigenvalue weighted by Gasteiger charge is 2.30. The normalized spacial score (nSPS) is 14.3. The topological polar surface area (TPSA) is 64.1 Å². The van der Waals surface area contributed by atoms with Gasteiger partial charge in [0, 0.05) is 5.92 Å². The van der Waals surface area contributed by atoms with E-state index in [-0.39, 0.29) is 22.7 Å². The van der Waals surface area contributed by atoms with E-state index in [1.165, 1.54) is 12.7 Å². The minimum absolute atomic E-state index is 0.0662. The number of hydrogen-bond acceptors (Lipinski definition) is 5. The summed E-state index contributed by atoms with van der Waals surface area (Å²) in [7, 11) is 1.33. The van der Waals surface area contributed by atoms with Crippen LogP contribution >= 0.6 is 11.6 Å². The molecular weight excluding hydrogens is 386 g/mol. The fourth-order valence-electron chi connectivity index (χ4n) is 3.27. The molecule has 1 saturated carbocycles. The third kappa shape index (κ3) is 4.57. The minimum atomic E-state index is -0.554. The molecule has 4 rings (SSSR count). The van der Waals surface area contributed by atoms with Gasteiger partial charge in [-0.1, -0.05) is 72.3 Å². The lowest BCUT2D eigenvalue weighted by atomic mass is 9.99. The first kappa shape index (κ1) is 19.4. The van der Waals surface area contributed by atoms with Gasteiger partial charge in [0.15, 0.2) is 5.69 Å². The molecule has 1 atom stereocenters. The van der Waals surface area contributed by atoms with Gasteiger partial charge in [-0.2, -0.15) is 0 Å². The van der Waals surface area contributed by atoms with Crippen molar-refractivity contribution < 1.29 is 9.53 Å². The summed E-state index contributed by atoms with van der Waals surface area (Å²) in [5.41, 5.74) is 2.41. The zero-order chi connectivity index (χ0) is 20.2. The number of aromatic nitrogens is 2. The number of hydrogen-bond donors (Lipinski definition) is 1. The average Bonchev–Trinajstić information content (AvgIpc) is 3.61. The number of benzene rings is 2. The van der Waals surface area contributed by atoms with Crippen molar-refractivity contribution in [1.29, 1.82) is 0 Å². The maximum atomic E-state index is 12.2. The summed E-state index contributed by atoms with van der Waals surface area (Å²) in [5, 5.41) is 3.65. The summed E-state index contributed by atoms with van der Waals surface area (Å²) in [5.74, 6) is 0.833. The van der Waals surface area contributed by atoms with Gasteiger partial charge in [0.25, 0.3) is 0 Å². The second kappa shape index (κ2) is 8.62. The molecule has 3 aromatic rings. The van der Waals surface area contributed by atoms with Crippen molar-refractivity contribution in [1.82, 2.24) is 9.97 Å². The first-order chi connectivity index (χ1) is 14.2. The maximum Gasteiger partial charge on any atom is 0.358 e. The van der Waals surface area contributed by atoms with Crippen LogP contribution in [-0.4, -0.2) is 23.0 Å². The smallest absolute Gasteiger partial charge is 0.358 e. The standard InChI is InChI=1S/C23H22ClN3O2/c1-29-23(28)20-19(24)22(27-21(26-20)17-12-13-17)25-18(16-10-6-3-7-11-16)14-15-8-4-2-5-9-15/h2-11,17-18H,12-14H2,1H3,(H,25,26,27). The molecule has 0 bridgehead atoms. The van der Waals surface area contributed by atoms with Crippen molar-refractivity contribution >= 4 is 23.4 Å². The summed E-state index contributed by atoms with van der Waals surface area (Å²) in [6, 6.07) is 20.3. The SMILES string of the molecule is COC(=O)c1nc(C2CC2)nc(NC(Cc2ccccc2)c2ccccc2)c1Cl. The Kier molecular flexibility index (Phi) is 5.76. The zero-order valence-corrected chi connectivity index (χ0v) is 16.9. The van der Waals surface area contributed by atoms with Crippen LogP contribution in [0.5, 0.6) is 0 Å². The molecular formula is C23H22ClN3O2. The van der Waals surface area contributed by atoms with E-state index in [0.29, 0.717) is 11.6 Å². The molecule has 148 valence electrons. The highest BCUT2D eigenvalue weighted by molar-refractivity contribution is 6.35. The molecule has 1 aromatic heterocycles. The first-order valence-corrected chi connectivity index (χ1v) is 10.0. The molecule has 2 aromatic carbocycles. The largest absolute Gasteiger partial charge is 0.464 e. The molecule has 0 aliphatic heterocycles. The second-order valence-corrected chi connectivity index (χ2v) is 7.53. The number of methoxy groups -OCH3 is 1.